The van der Waals surface area contributed by atoms with Gasteiger partial charge in [-0.25, -0.2) is 4.79 Å². The molecule has 0 aliphatic rings. The van der Waals surface area contributed by atoms with Gasteiger partial charge in [-0.2, -0.15) is 0 Å². The smallest absolute Gasteiger partial charge is 0.407 e. The molecule has 0 heterocycles. The summed E-state index contributed by atoms with van der Waals surface area (Å²) in [5, 5.41) is 12.7. The van der Waals surface area contributed by atoms with Crippen LogP contribution in [0, 0.1) is 0 Å². The lowest BCUT2D eigenvalue weighted by atomic mass is 10.1. The molecule has 0 aromatic carbocycles. The van der Waals surface area contributed by atoms with Crippen molar-refractivity contribution in [1.82, 2.24) is 10.2 Å². The Bertz CT molecular complexity index is 340. The predicted octanol–water partition coefficient (Wildman–Crippen LogP) is 3.37. The third-order valence-corrected chi connectivity index (χ3v) is 8.69. The molecule has 126 valence electrons. The van der Waals surface area contributed by atoms with Crippen LogP contribution in [-0.4, -0.2) is 56.2 Å². The van der Waals surface area contributed by atoms with E-state index >= 15 is 0 Å². The largest absolute Gasteiger partial charge is 0.465 e. The number of rotatable bonds is 7. The number of hydrogen-bond acceptors (Lipinski definition) is 3. The van der Waals surface area contributed by atoms with Crippen LogP contribution < -0.4 is 5.32 Å². The summed E-state index contributed by atoms with van der Waals surface area (Å²) < 4.78 is 6.46. The minimum atomic E-state index is -1.94. The Hall–Kier alpha value is -0.593. The van der Waals surface area contributed by atoms with Crippen molar-refractivity contribution in [3.05, 3.63) is 0 Å². The Kier molecular flexibility index (Phi) is 7.39. The van der Waals surface area contributed by atoms with E-state index in [1.807, 2.05) is 0 Å². The summed E-state index contributed by atoms with van der Waals surface area (Å²) in [6.45, 7) is 17.6. The molecule has 2 N–H and O–H groups in total. The predicted molar refractivity (Wildman–Crippen MR) is 90.5 cm³/mol. The average Bonchev–Trinajstić information content (AvgIpc) is 2.24. The van der Waals surface area contributed by atoms with Crippen LogP contribution in [0.5, 0.6) is 0 Å². The molecule has 0 aromatic heterocycles. The van der Waals surface area contributed by atoms with Crippen LogP contribution in [0.15, 0.2) is 0 Å². The maximum atomic E-state index is 11.1. The first-order valence-corrected chi connectivity index (χ1v) is 10.6. The molecule has 0 saturated carbocycles. The highest BCUT2D eigenvalue weighted by atomic mass is 28.4. The summed E-state index contributed by atoms with van der Waals surface area (Å²) in [6, 6.07) is 0.432. The summed E-state index contributed by atoms with van der Waals surface area (Å²) in [7, 11) is -0.353. The molecule has 0 saturated heterocycles. The number of carboxylic acid groups (broad SMARTS) is 1. The number of amides is 1. The van der Waals surface area contributed by atoms with Gasteiger partial charge in [-0.05, 0) is 25.1 Å². The van der Waals surface area contributed by atoms with Crippen molar-refractivity contribution in [3.8, 4) is 0 Å². The van der Waals surface area contributed by atoms with Gasteiger partial charge in [-0.1, -0.05) is 34.6 Å². The lowest BCUT2D eigenvalue weighted by Gasteiger charge is -2.42. The zero-order chi connectivity index (χ0) is 17.0. The van der Waals surface area contributed by atoms with Crippen LogP contribution >= 0.6 is 0 Å². The minimum absolute atomic E-state index is 0.0981. The number of nitrogens with zero attached hydrogens (tertiary/aromatic N) is 1. The number of nitrogens with one attached hydrogen (secondary N) is 1. The average molecular weight is 319 g/mol. The fourth-order valence-corrected chi connectivity index (χ4v) is 3.22. The van der Waals surface area contributed by atoms with Crippen LogP contribution in [-0.2, 0) is 4.43 Å². The lowest BCUT2D eigenvalue weighted by molar-refractivity contribution is 0.0913. The van der Waals surface area contributed by atoms with Crippen molar-refractivity contribution in [2.45, 2.75) is 77.9 Å². The molecule has 1 amide bonds. The van der Waals surface area contributed by atoms with E-state index in [0.29, 0.717) is 12.6 Å². The summed E-state index contributed by atoms with van der Waals surface area (Å²) in [6.07, 6.45) is -1.06. The maximum Gasteiger partial charge on any atom is 0.407 e. The summed E-state index contributed by atoms with van der Waals surface area (Å²) >= 11 is 0. The highest BCUT2D eigenvalue weighted by Gasteiger charge is 2.40. The normalized spacial score (nSPS) is 15.9. The fraction of sp³-hybridized carbons (Fsp3) is 0.933. The van der Waals surface area contributed by atoms with Crippen LogP contribution in [0.4, 0.5) is 4.79 Å². The lowest BCUT2D eigenvalue weighted by Crippen LogP contribution is -2.54. The molecule has 5 nitrogen and oxygen atoms in total. The van der Waals surface area contributed by atoms with Crippen molar-refractivity contribution in [2.24, 2.45) is 0 Å². The summed E-state index contributed by atoms with van der Waals surface area (Å²) in [4.78, 5) is 12.4. The topological polar surface area (TPSA) is 61.8 Å². The monoisotopic (exact) mass is 318 g/mol. The quantitative estimate of drug-likeness (QED) is 0.707. The molecule has 2 atom stereocenters. The second kappa shape index (κ2) is 7.60. The van der Waals surface area contributed by atoms with Gasteiger partial charge in [-0.15, -0.1) is 0 Å². The molecular weight excluding hydrogens is 284 g/mol. The number of hydrogen-bond donors (Lipinski definition) is 2. The van der Waals surface area contributed by atoms with Crippen LogP contribution in [0.3, 0.4) is 0 Å². The molecule has 0 bridgehead atoms. The van der Waals surface area contributed by atoms with E-state index in [-0.39, 0.29) is 17.2 Å². The van der Waals surface area contributed by atoms with Gasteiger partial charge in [-0.3, -0.25) is 0 Å². The molecule has 0 unspecified atom stereocenters. The van der Waals surface area contributed by atoms with E-state index in [4.69, 9.17) is 9.53 Å². The van der Waals surface area contributed by atoms with Gasteiger partial charge in [0.1, 0.15) is 0 Å². The van der Waals surface area contributed by atoms with Gasteiger partial charge < -0.3 is 19.7 Å². The zero-order valence-corrected chi connectivity index (χ0v) is 16.2. The van der Waals surface area contributed by atoms with Crippen LogP contribution in [0.25, 0.3) is 0 Å². The molecule has 0 aliphatic carbocycles. The van der Waals surface area contributed by atoms with Crippen molar-refractivity contribution < 1.29 is 14.3 Å². The van der Waals surface area contributed by atoms with Gasteiger partial charge in [0.15, 0.2) is 8.32 Å². The molecule has 0 spiro atoms. The van der Waals surface area contributed by atoms with E-state index < -0.39 is 14.4 Å². The first kappa shape index (κ1) is 20.4. The van der Waals surface area contributed by atoms with Crippen LogP contribution in [0.2, 0.25) is 18.1 Å². The zero-order valence-electron chi connectivity index (χ0n) is 15.2. The third-order valence-electron chi connectivity index (χ3n) is 4.19. The van der Waals surface area contributed by atoms with Crippen molar-refractivity contribution in [3.63, 3.8) is 0 Å². The van der Waals surface area contributed by atoms with E-state index in [1.54, 1.807) is 7.05 Å². The first-order valence-electron chi connectivity index (χ1n) is 7.66. The standard InChI is InChI=1S/C15H34N2O3Si/c1-11(2)16-12(3)13(10-17(7)14(18)19)20-21(8,9)15(4,5)6/h11-13,16H,10H2,1-9H3,(H,18,19)/t12-,13-/m1/s1. The van der Waals surface area contributed by atoms with E-state index in [9.17, 15) is 4.79 Å². The molecule has 21 heavy (non-hydrogen) atoms. The SMILES string of the molecule is CC(C)N[C@H](C)[C@@H](CN(C)C(=O)O)O[Si](C)(C)C(C)(C)C. The summed E-state index contributed by atoms with van der Waals surface area (Å²) in [5.41, 5.74) is 0. The van der Waals surface area contributed by atoms with E-state index in [0.717, 1.165) is 0 Å². The molecule has 0 aromatic rings. The first-order chi connectivity index (χ1) is 9.28. The Morgan fingerprint density at radius 1 is 1.29 bits per heavy atom. The molecule has 0 fully saturated rings. The minimum Gasteiger partial charge on any atom is -0.465 e. The Morgan fingerprint density at radius 3 is 2.10 bits per heavy atom. The second-order valence-electron chi connectivity index (χ2n) is 7.69. The molecule has 6 heteroatoms. The van der Waals surface area contributed by atoms with Crippen LogP contribution in [0.1, 0.15) is 41.5 Å². The molecule has 0 rings (SSSR count). The van der Waals surface area contributed by atoms with Gasteiger partial charge in [0.25, 0.3) is 0 Å². The highest BCUT2D eigenvalue weighted by molar-refractivity contribution is 6.74. The van der Waals surface area contributed by atoms with Gasteiger partial charge in [0.2, 0.25) is 0 Å². The molecule has 0 radical (unpaired) electrons. The number of carbonyl (C=O) groups is 1. The molecular formula is C15H34N2O3Si. The van der Waals surface area contributed by atoms with Crippen molar-refractivity contribution in [1.29, 1.82) is 0 Å². The van der Waals surface area contributed by atoms with Gasteiger partial charge in [0, 0.05) is 19.1 Å². The fourth-order valence-electron chi connectivity index (χ4n) is 1.83. The van der Waals surface area contributed by atoms with Gasteiger partial charge in [0.05, 0.1) is 12.6 Å². The van der Waals surface area contributed by atoms with Gasteiger partial charge >= 0.3 is 6.09 Å². The Balaban J connectivity index is 5.09. The number of likely N-dealkylation sites (N-methyl/N-ethyl adjacent to an activating group) is 1. The maximum absolute atomic E-state index is 11.1. The summed E-state index contributed by atoms with van der Waals surface area (Å²) in [5.74, 6) is 0. The van der Waals surface area contributed by atoms with Crippen molar-refractivity contribution >= 4 is 14.4 Å². The van der Waals surface area contributed by atoms with E-state index in [2.05, 4.69) is 60.0 Å². The highest BCUT2D eigenvalue weighted by Crippen LogP contribution is 2.37. The Labute approximate surface area is 131 Å². The van der Waals surface area contributed by atoms with Crippen molar-refractivity contribution in [2.75, 3.05) is 13.6 Å². The Morgan fingerprint density at radius 2 is 1.76 bits per heavy atom. The second-order valence-corrected chi connectivity index (χ2v) is 12.4. The third kappa shape index (κ3) is 6.80. The van der Waals surface area contributed by atoms with E-state index in [1.165, 1.54) is 4.90 Å². The molecule has 0 aliphatic heterocycles.